The van der Waals surface area contributed by atoms with Crippen molar-refractivity contribution in [3.05, 3.63) is 36.1 Å². The van der Waals surface area contributed by atoms with Gasteiger partial charge in [0, 0.05) is 36.9 Å². The molecule has 2 atom stereocenters. The summed E-state index contributed by atoms with van der Waals surface area (Å²) in [5.41, 5.74) is 3.61. The van der Waals surface area contributed by atoms with Gasteiger partial charge in [0.1, 0.15) is 5.58 Å². The molecule has 4 bridgehead atoms. The van der Waals surface area contributed by atoms with Crippen LogP contribution in [0.3, 0.4) is 0 Å². The van der Waals surface area contributed by atoms with E-state index in [0.717, 1.165) is 41.6 Å². The van der Waals surface area contributed by atoms with Gasteiger partial charge in [0.25, 0.3) is 0 Å². The largest absolute Gasteiger partial charge is 0.453 e. The lowest BCUT2D eigenvalue weighted by molar-refractivity contribution is -0.212. The second-order valence-corrected chi connectivity index (χ2v) is 7.51. The van der Waals surface area contributed by atoms with Crippen molar-refractivity contribution < 1.29 is 9.25 Å². The van der Waals surface area contributed by atoms with E-state index in [0.29, 0.717) is 11.8 Å². The number of benzene rings is 1. The topological polar surface area (TPSA) is 50.0 Å². The Hall–Kier alpha value is -1.56. The van der Waals surface area contributed by atoms with E-state index >= 15 is 0 Å². The fourth-order valence-corrected chi connectivity index (χ4v) is 5.25. The molecule has 0 radical (unpaired) electrons. The molecule has 4 aliphatic heterocycles. The Bertz CT molecular complexity index is 770. The molecule has 2 unspecified atom stereocenters. The molecule has 1 saturated carbocycles. The van der Waals surface area contributed by atoms with Crippen LogP contribution in [0.1, 0.15) is 18.6 Å². The predicted octanol–water partition coefficient (Wildman–Crippen LogP) is 2.80. The molecule has 4 fully saturated rings. The molecule has 1 aliphatic carbocycles. The number of hydrogen-bond donors (Lipinski definition) is 1. The van der Waals surface area contributed by atoms with E-state index < -0.39 is 0 Å². The van der Waals surface area contributed by atoms with Gasteiger partial charge in [-0.2, -0.15) is 0 Å². The van der Waals surface area contributed by atoms with E-state index in [1.807, 2.05) is 24.3 Å². The first-order chi connectivity index (χ1) is 11.3. The highest BCUT2D eigenvalue weighted by atomic mass is 35.5. The number of amidine groups is 1. The predicted molar refractivity (Wildman–Crippen MR) is 93.1 cm³/mol. The maximum Gasteiger partial charge on any atom is 0.195 e. The summed E-state index contributed by atoms with van der Waals surface area (Å²) in [6, 6.07) is 10.1. The Kier molecular flexibility index (Phi) is 3.06. The summed E-state index contributed by atoms with van der Waals surface area (Å²) < 4.78 is 5.95. The first-order valence-electron chi connectivity index (χ1n) is 8.55. The van der Waals surface area contributed by atoms with Crippen molar-refractivity contribution in [1.82, 2.24) is 10.4 Å². The number of nitrogens with one attached hydrogen (secondary N) is 1. The molecule has 1 aromatic heterocycles. The lowest BCUT2D eigenvalue weighted by atomic mass is 9.63. The number of rotatable bonds is 1. The third-order valence-electron chi connectivity index (χ3n) is 6.14. The van der Waals surface area contributed by atoms with Crippen LogP contribution in [0.25, 0.3) is 11.0 Å². The molecule has 24 heavy (non-hydrogen) atoms. The number of fused-ring (bicyclic) bond motifs is 1. The van der Waals surface area contributed by atoms with Crippen LogP contribution in [0.15, 0.2) is 39.7 Å². The number of furan rings is 1. The maximum atomic E-state index is 6.14. The van der Waals surface area contributed by atoms with Crippen molar-refractivity contribution in [2.45, 2.75) is 18.6 Å². The fraction of sp³-hybridized carbons (Fsp3) is 0.500. The average Bonchev–Trinajstić information content (AvgIpc) is 3.17. The third kappa shape index (κ3) is 1.86. The number of para-hydroxylation sites is 1. The summed E-state index contributed by atoms with van der Waals surface area (Å²) in [6.07, 6.45) is 2.48. The van der Waals surface area contributed by atoms with Crippen LogP contribution in [0.5, 0.6) is 0 Å². The number of piperidine rings is 3. The minimum absolute atomic E-state index is 0. The molecule has 6 heteroatoms. The van der Waals surface area contributed by atoms with E-state index in [9.17, 15) is 0 Å². The summed E-state index contributed by atoms with van der Waals surface area (Å²) in [6.45, 7) is 3.51. The van der Waals surface area contributed by atoms with E-state index in [4.69, 9.17) is 14.2 Å². The number of hydroxylamine groups is 1. The highest BCUT2D eigenvalue weighted by molar-refractivity contribution is 6.00. The number of halogens is 1. The molecule has 2 aromatic rings. The van der Waals surface area contributed by atoms with Crippen molar-refractivity contribution in [1.29, 1.82) is 0 Å². The second-order valence-electron chi connectivity index (χ2n) is 7.51. The van der Waals surface area contributed by atoms with Gasteiger partial charge in [-0.1, -0.05) is 18.2 Å². The van der Waals surface area contributed by atoms with Gasteiger partial charge in [-0.3, -0.25) is 0 Å². The molecule has 1 N–H and O–H groups in total. The van der Waals surface area contributed by atoms with Gasteiger partial charge in [-0.05, 0) is 30.9 Å². The lowest BCUT2D eigenvalue weighted by Gasteiger charge is -2.58. The SMILES string of the molecule is Cl.c1ccc2oc(C3=NC4(ON3)C3CC5CC4CN(C5)C3)cc2c1. The molecule has 0 amide bonds. The smallest absolute Gasteiger partial charge is 0.195 e. The van der Waals surface area contributed by atoms with Crippen molar-refractivity contribution >= 4 is 29.2 Å². The Balaban J connectivity index is 0.00000131. The lowest BCUT2D eigenvalue weighted by Crippen LogP contribution is -2.66. The quantitative estimate of drug-likeness (QED) is 0.863. The minimum Gasteiger partial charge on any atom is -0.453 e. The van der Waals surface area contributed by atoms with E-state index in [2.05, 4.69) is 16.4 Å². The van der Waals surface area contributed by atoms with Gasteiger partial charge in [0.05, 0.1) is 0 Å². The van der Waals surface area contributed by atoms with Crippen molar-refractivity contribution in [2.24, 2.45) is 22.7 Å². The van der Waals surface area contributed by atoms with E-state index in [1.54, 1.807) is 0 Å². The van der Waals surface area contributed by atoms with Crippen LogP contribution >= 0.6 is 12.4 Å². The Labute approximate surface area is 146 Å². The van der Waals surface area contributed by atoms with Gasteiger partial charge in [0.15, 0.2) is 17.3 Å². The first kappa shape index (κ1) is 14.8. The number of aliphatic imine (C=N–C) groups is 1. The highest BCUT2D eigenvalue weighted by Gasteiger charge is 2.60. The number of nitrogens with zero attached hydrogens (tertiary/aromatic N) is 2. The first-order valence-corrected chi connectivity index (χ1v) is 8.55. The van der Waals surface area contributed by atoms with Gasteiger partial charge in [-0.25, -0.2) is 15.3 Å². The zero-order valence-corrected chi connectivity index (χ0v) is 14.1. The molecular weight excluding hydrogens is 326 g/mol. The van der Waals surface area contributed by atoms with Crippen molar-refractivity contribution in [3.8, 4) is 0 Å². The zero-order valence-electron chi connectivity index (χ0n) is 13.3. The summed E-state index contributed by atoms with van der Waals surface area (Å²) in [7, 11) is 0. The molecule has 3 saturated heterocycles. The molecule has 1 spiro atoms. The fourth-order valence-electron chi connectivity index (χ4n) is 5.25. The normalized spacial score (nSPS) is 39.1. The molecule has 5 heterocycles. The Morgan fingerprint density at radius 1 is 1.12 bits per heavy atom. The van der Waals surface area contributed by atoms with Crippen LogP contribution in [-0.4, -0.2) is 36.1 Å². The molecule has 1 aromatic carbocycles. The van der Waals surface area contributed by atoms with Crippen LogP contribution in [0.4, 0.5) is 0 Å². The Morgan fingerprint density at radius 2 is 1.92 bits per heavy atom. The average molecular weight is 346 g/mol. The molecule has 126 valence electrons. The maximum absolute atomic E-state index is 6.14. The summed E-state index contributed by atoms with van der Waals surface area (Å²) >= 11 is 0. The van der Waals surface area contributed by atoms with Gasteiger partial charge in [-0.15, -0.1) is 12.4 Å². The van der Waals surface area contributed by atoms with Gasteiger partial charge >= 0.3 is 0 Å². The standard InChI is InChI=1S/C18H19N3O2.ClH/c1-2-4-15-12(3-1)7-16(22-15)17-19-18(23-20-17)13-5-11-6-14(18)10-21(8-11)9-13;/h1-4,7,11,13-14H,5-6,8-10H2,(H,19,20);1H. The molecule has 5 nitrogen and oxygen atoms in total. The summed E-state index contributed by atoms with van der Waals surface area (Å²) in [5, 5.41) is 1.10. The van der Waals surface area contributed by atoms with Gasteiger partial charge in [0.2, 0.25) is 0 Å². The van der Waals surface area contributed by atoms with Crippen LogP contribution < -0.4 is 5.48 Å². The van der Waals surface area contributed by atoms with Gasteiger partial charge < -0.3 is 9.32 Å². The second kappa shape index (κ2) is 4.97. The summed E-state index contributed by atoms with van der Waals surface area (Å²) in [5.74, 6) is 3.37. The van der Waals surface area contributed by atoms with Crippen molar-refractivity contribution in [2.75, 3.05) is 19.6 Å². The zero-order chi connectivity index (χ0) is 15.0. The van der Waals surface area contributed by atoms with E-state index in [-0.39, 0.29) is 18.1 Å². The number of hydrogen-bond acceptors (Lipinski definition) is 5. The molecule has 7 rings (SSSR count). The van der Waals surface area contributed by atoms with Crippen LogP contribution in [0.2, 0.25) is 0 Å². The summed E-state index contributed by atoms with van der Waals surface area (Å²) in [4.78, 5) is 13.8. The molecular formula is C18H20ClN3O2. The van der Waals surface area contributed by atoms with Crippen LogP contribution in [-0.2, 0) is 4.84 Å². The molecule has 5 aliphatic rings. The minimum atomic E-state index is -0.373. The van der Waals surface area contributed by atoms with E-state index in [1.165, 1.54) is 19.4 Å². The monoisotopic (exact) mass is 345 g/mol. The van der Waals surface area contributed by atoms with Crippen LogP contribution in [0, 0.1) is 17.8 Å². The third-order valence-corrected chi connectivity index (χ3v) is 6.14. The highest BCUT2D eigenvalue weighted by Crippen LogP contribution is 2.52. The van der Waals surface area contributed by atoms with Crippen molar-refractivity contribution in [3.63, 3.8) is 0 Å². The Morgan fingerprint density at radius 3 is 2.67 bits per heavy atom.